The molecule has 158 valence electrons. The lowest BCUT2D eigenvalue weighted by Gasteiger charge is -2.13. The van der Waals surface area contributed by atoms with Gasteiger partial charge in [-0.05, 0) is 42.5 Å². The van der Waals surface area contributed by atoms with Crippen LogP contribution in [0.15, 0.2) is 53.1 Å². The molecule has 0 spiro atoms. The molecule has 0 radical (unpaired) electrons. The van der Waals surface area contributed by atoms with Gasteiger partial charge in [0.25, 0.3) is 0 Å². The van der Waals surface area contributed by atoms with Crippen LogP contribution >= 0.6 is 0 Å². The van der Waals surface area contributed by atoms with Crippen molar-refractivity contribution in [1.82, 2.24) is 5.16 Å². The van der Waals surface area contributed by atoms with Crippen LogP contribution in [0.1, 0.15) is 27.2 Å². The lowest BCUT2D eigenvalue weighted by Crippen LogP contribution is -2.14. The molecule has 0 aliphatic carbocycles. The topological polar surface area (TPSA) is 52.3 Å². The summed E-state index contributed by atoms with van der Waals surface area (Å²) in [6.07, 6.45) is -10.2. The first-order chi connectivity index (χ1) is 13.9. The standard InChI is InChI=1S/C19H10F7NO3/c20-14-3-1-10(2-4-14)16-8-15(27-30-16)9-29-17(28)11-5-12(18(21,22)23)7-13(6-11)19(24,25)26/h1-8H,9H2. The number of hydrogen-bond donors (Lipinski definition) is 0. The molecule has 4 nitrogen and oxygen atoms in total. The molecule has 0 amide bonds. The van der Waals surface area contributed by atoms with E-state index in [9.17, 15) is 35.5 Å². The molecule has 0 N–H and O–H groups in total. The molecule has 0 aliphatic rings. The first kappa shape index (κ1) is 21.3. The lowest BCUT2D eigenvalue weighted by atomic mass is 10.0. The molecule has 0 saturated carbocycles. The van der Waals surface area contributed by atoms with Crippen molar-refractivity contribution in [1.29, 1.82) is 0 Å². The Morgan fingerprint density at radius 2 is 1.47 bits per heavy atom. The highest BCUT2D eigenvalue weighted by molar-refractivity contribution is 5.90. The van der Waals surface area contributed by atoms with E-state index in [1.807, 2.05) is 0 Å². The molecule has 0 aliphatic heterocycles. The van der Waals surface area contributed by atoms with Gasteiger partial charge in [-0.15, -0.1) is 0 Å². The second-order valence-electron chi connectivity index (χ2n) is 6.06. The molecule has 0 bridgehead atoms. The summed E-state index contributed by atoms with van der Waals surface area (Å²) < 4.78 is 99.9. The van der Waals surface area contributed by atoms with Crippen LogP contribution in [-0.4, -0.2) is 11.1 Å². The Morgan fingerprint density at radius 1 is 0.900 bits per heavy atom. The van der Waals surface area contributed by atoms with Gasteiger partial charge in [-0.3, -0.25) is 0 Å². The van der Waals surface area contributed by atoms with Crippen LogP contribution in [0.5, 0.6) is 0 Å². The van der Waals surface area contributed by atoms with Crippen LogP contribution in [0, 0.1) is 5.82 Å². The number of rotatable bonds is 4. The van der Waals surface area contributed by atoms with Gasteiger partial charge in [0.2, 0.25) is 0 Å². The van der Waals surface area contributed by atoms with Crippen molar-refractivity contribution < 1.29 is 44.8 Å². The Balaban J connectivity index is 1.77. The number of aromatic nitrogens is 1. The number of carbonyl (C=O) groups excluding carboxylic acids is 1. The first-order valence-corrected chi connectivity index (χ1v) is 8.11. The second-order valence-corrected chi connectivity index (χ2v) is 6.06. The molecule has 1 aromatic heterocycles. The van der Waals surface area contributed by atoms with E-state index in [0.717, 1.165) is 0 Å². The summed E-state index contributed by atoms with van der Waals surface area (Å²) >= 11 is 0. The highest BCUT2D eigenvalue weighted by Gasteiger charge is 2.37. The fourth-order valence-electron chi connectivity index (χ4n) is 2.43. The third kappa shape index (κ3) is 4.97. The monoisotopic (exact) mass is 433 g/mol. The van der Waals surface area contributed by atoms with Gasteiger partial charge >= 0.3 is 18.3 Å². The molecule has 3 aromatic rings. The van der Waals surface area contributed by atoms with Crippen LogP contribution < -0.4 is 0 Å². The van der Waals surface area contributed by atoms with Crippen molar-refractivity contribution in [3.05, 3.63) is 76.7 Å². The van der Waals surface area contributed by atoms with E-state index in [2.05, 4.69) is 5.16 Å². The molecular weight excluding hydrogens is 423 g/mol. The van der Waals surface area contributed by atoms with E-state index >= 15 is 0 Å². The van der Waals surface area contributed by atoms with Crippen molar-refractivity contribution in [2.45, 2.75) is 19.0 Å². The van der Waals surface area contributed by atoms with Gasteiger partial charge in [0, 0.05) is 11.6 Å². The summed E-state index contributed by atoms with van der Waals surface area (Å²) in [5, 5.41) is 3.59. The van der Waals surface area contributed by atoms with Gasteiger partial charge in [0.15, 0.2) is 5.76 Å². The molecule has 0 atom stereocenters. The van der Waals surface area contributed by atoms with Gasteiger partial charge in [0.1, 0.15) is 18.1 Å². The normalized spacial score (nSPS) is 12.1. The van der Waals surface area contributed by atoms with Crippen molar-refractivity contribution in [3.63, 3.8) is 0 Å². The zero-order valence-electron chi connectivity index (χ0n) is 14.6. The van der Waals surface area contributed by atoms with Gasteiger partial charge in [-0.25, -0.2) is 9.18 Å². The Labute approximate surface area is 163 Å². The summed E-state index contributed by atoms with van der Waals surface area (Å²) in [6, 6.07) is 6.90. The molecule has 11 heteroatoms. The summed E-state index contributed by atoms with van der Waals surface area (Å²) in [6.45, 7) is -0.568. The molecular formula is C19H10F7NO3. The van der Waals surface area contributed by atoms with E-state index in [-0.39, 0.29) is 29.7 Å². The minimum Gasteiger partial charge on any atom is -0.455 e. The molecule has 0 saturated heterocycles. The highest BCUT2D eigenvalue weighted by Crippen LogP contribution is 2.36. The van der Waals surface area contributed by atoms with Gasteiger partial charge in [-0.2, -0.15) is 26.3 Å². The summed E-state index contributed by atoms with van der Waals surface area (Å²) in [5.41, 5.74) is -3.69. The van der Waals surface area contributed by atoms with E-state index in [1.165, 1.54) is 30.3 Å². The number of benzene rings is 2. The van der Waals surface area contributed by atoms with Crippen LogP contribution in [0.2, 0.25) is 0 Å². The molecule has 3 rings (SSSR count). The van der Waals surface area contributed by atoms with E-state index in [1.54, 1.807) is 0 Å². The van der Waals surface area contributed by atoms with E-state index < -0.39 is 47.4 Å². The molecule has 2 aromatic carbocycles. The lowest BCUT2D eigenvalue weighted by molar-refractivity contribution is -0.143. The third-order valence-electron chi connectivity index (χ3n) is 3.86. The Morgan fingerprint density at radius 3 is 2.00 bits per heavy atom. The maximum absolute atomic E-state index is 12.9. The number of esters is 1. The third-order valence-corrected chi connectivity index (χ3v) is 3.86. The van der Waals surface area contributed by atoms with Crippen LogP contribution in [0.4, 0.5) is 30.7 Å². The molecule has 0 unspecified atom stereocenters. The second kappa shape index (κ2) is 7.81. The van der Waals surface area contributed by atoms with Crippen molar-refractivity contribution >= 4 is 5.97 Å². The molecule has 0 fully saturated rings. The maximum Gasteiger partial charge on any atom is 0.416 e. The number of nitrogens with zero attached hydrogens (tertiary/aromatic N) is 1. The summed E-state index contributed by atoms with van der Waals surface area (Å²) in [4.78, 5) is 12.0. The smallest absolute Gasteiger partial charge is 0.416 e. The van der Waals surface area contributed by atoms with Crippen LogP contribution in [-0.2, 0) is 23.7 Å². The van der Waals surface area contributed by atoms with E-state index in [4.69, 9.17) is 9.26 Å². The van der Waals surface area contributed by atoms with Gasteiger partial charge in [0.05, 0.1) is 16.7 Å². The first-order valence-electron chi connectivity index (χ1n) is 8.11. The predicted molar refractivity (Wildman–Crippen MR) is 87.5 cm³/mol. The van der Waals surface area contributed by atoms with Crippen molar-refractivity contribution in [2.24, 2.45) is 0 Å². The highest BCUT2D eigenvalue weighted by atomic mass is 19.4. The summed E-state index contributed by atoms with van der Waals surface area (Å²) in [5.74, 6) is -1.69. The van der Waals surface area contributed by atoms with E-state index in [0.29, 0.717) is 5.56 Å². The fraction of sp³-hybridized carbons (Fsp3) is 0.158. The zero-order chi connectivity index (χ0) is 22.1. The predicted octanol–water partition coefficient (Wildman–Crippen LogP) is 5.88. The molecule has 1 heterocycles. The van der Waals surface area contributed by atoms with Crippen molar-refractivity contribution in [3.8, 4) is 11.3 Å². The maximum atomic E-state index is 12.9. The average molecular weight is 433 g/mol. The average Bonchev–Trinajstić information content (AvgIpc) is 3.14. The Kier molecular flexibility index (Phi) is 5.55. The number of alkyl halides is 6. The minimum absolute atomic E-state index is 0.0469. The van der Waals surface area contributed by atoms with Crippen LogP contribution in [0.3, 0.4) is 0 Å². The summed E-state index contributed by atoms with van der Waals surface area (Å²) in [7, 11) is 0. The number of hydrogen-bond acceptors (Lipinski definition) is 4. The quantitative estimate of drug-likeness (QED) is 0.381. The molecule has 30 heavy (non-hydrogen) atoms. The minimum atomic E-state index is -5.09. The van der Waals surface area contributed by atoms with Gasteiger partial charge < -0.3 is 9.26 Å². The SMILES string of the molecule is O=C(OCc1cc(-c2ccc(F)cc2)on1)c1cc(C(F)(F)F)cc(C(F)(F)F)c1. The zero-order valence-corrected chi connectivity index (χ0v) is 14.6. The van der Waals surface area contributed by atoms with Gasteiger partial charge in [-0.1, -0.05) is 5.16 Å². The Bertz CT molecular complexity index is 1020. The fourth-order valence-corrected chi connectivity index (χ4v) is 2.43. The van der Waals surface area contributed by atoms with Crippen molar-refractivity contribution in [2.75, 3.05) is 0 Å². The number of halogens is 7. The van der Waals surface area contributed by atoms with Crippen LogP contribution in [0.25, 0.3) is 11.3 Å². The number of ether oxygens (including phenoxy) is 1. The Hall–Kier alpha value is -3.37. The largest absolute Gasteiger partial charge is 0.455 e. The number of carbonyl (C=O) groups is 1.